The van der Waals surface area contributed by atoms with Crippen molar-refractivity contribution >= 4 is 6.09 Å². The summed E-state index contributed by atoms with van der Waals surface area (Å²) in [6.45, 7) is 2.12. The first-order valence-corrected chi connectivity index (χ1v) is 7.97. The van der Waals surface area contributed by atoms with E-state index in [0.717, 1.165) is 11.1 Å². The van der Waals surface area contributed by atoms with Gasteiger partial charge in [0.15, 0.2) is 11.6 Å². The molecule has 1 amide bonds. The Morgan fingerprint density at radius 3 is 2.79 bits per heavy atom. The minimum absolute atomic E-state index is 0.276. The molecule has 0 saturated carbocycles. The molecule has 1 N–H and O–H groups in total. The van der Waals surface area contributed by atoms with Crippen molar-refractivity contribution < 1.29 is 18.7 Å². The number of carbonyl (C=O) groups excluding carboxylic acids is 1. The number of hydrogen-bond acceptors (Lipinski definition) is 3. The maximum Gasteiger partial charge on any atom is 0.407 e. The van der Waals surface area contributed by atoms with Gasteiger partial charge in [-0.2, -0.15) is 0 Å². The fourth-order valence-corrected chi connectivity index (χ4v) is 3.01. The zero-order valence-corrected chi connectivity index (χ0v) is 13.8. The predicted octanol–water partition coefficient (Wildman–Crippen LogP) is 4.06. The summed E-state index contributed by atoms with van der Waals surface area (Å²) in [7, 11) is 1.50. The molecular formula is C19H20FNO3. The molecule has 0 bridgehead atoms. The van der Waals surface area contributed by atoms with Crippen LogP contribution in [0.4, 0.5) is 9.18 Å². The van der Waals surface area contributed by atoms with E-state index in [9.17, 15) is 9.18 Å². The molecule has 24 heavy (non-hydrogen) atoms. The molecule has 3 rings (SSSR count). The lowest BCUT2D eigenvalue weighted by Gasteiger charge is -2.16. The molecule has 2 aromatic rings. The van der Waals surface area contributed by atoms with Gasteiger partial charge in [-0.3, -0.25) is 0 Å². The molecule has 0 radical (unpaired) electrons. The lowest BCUT2D eigenvalue weighted by atomic mass is 10.0. The summed E-state index contributed by atoms with van der Waals surface area (Å²) in [5.41, 5.74) is 3.01. The molecule has 126 valence electrons. The van der Waals surface area contributed by atoms with Gasteiger partial charge in [-0.1, -0.05) is 30.3 Å². The molecular weight excluding hydrogens is 309 g/mol. The Morgan fingerprint density at radius 2 is 2.08 bits per heavy atom. The Morgan fingerprint density at radius 1 is 1.33 bits per heavy atom. The molecule has 4 nitrogen and oxygen atoms in total. The molecule has 0 spiro atoms. The highest BCUT2D eigenvalue weighted by atomic mass is 19.1. The van der Waals surface area contributed by atoms with E-state index in [0.29, 0.717) is 30.6 Å². The second kappa shape index (κ2) is 6.91. The number of aryl methyl sites for hydroxylation is 1. The quantitative estimate of drug-likeness (QED) is 0.920. The lowest BCUT2D eigenvalue weighted by Crippen LogP contribution is -2.21. The standard InChI is InChI=1S/C19H20FNO3/c1-12-10-15-14(8-9-16(15)24-19(22)21-2)17(20)18(12)23-11-13-6-4-3-5-7-13/h3-7,10,16H,8-9,11H2,1-2H3,(H,21,22). The van der Waals surface area contributed by atoms with Crippen molar-refractivity contribution in [2.45, 2.75) is 32.5 Å². The number of halogens is 1. The van der Waals surface area contributed by atoms with E-state index in [1.807, 2.05) is 36.4 Å². The van der Waals surface area contributed by atoms with E-state index in [-0.39, 0.29) is 11.6 Å². The van der Waals surface area contributed by atoms with Gasteiger partial charge in [-0.05, 0) is 48.1 Å². The highest BCUT2D eigenvalue weighted by Crippen LogP contribution is 2.40. The molecule has 5 heteroatoms. The van der Waals surface area contributed by atoms with Crippen molar-refractivity contribution in [3.8, 4) is 5.75 Å². The van der Waals surface area contributed by atoms with Crippen molar-refractivity contribution in [2.75, 3.05) is 7.05 Å². The zero-order valence-electron chi connectivity index (χ0n) is 13.8. The van der Waals surface area contributed by atoms with Crippen LogP contribution in [0, 0.1) is 12.7 Å². The molecule has 0 aromatic heterocycles. The minimum Gasteiger partial charge on any atom is -0.486 e. The first kappa shape index (κ1) is 16.3. The normalized spacial score (nSPS) is 15.7. The van der Waals surface area contributed by atoms with Gasteiger partial charge in [0.2, 0.25) is 0 Å². The Bertz CT molecular complexity index is 746. The van der Waals surface area contributed by atoms with E-state index >= 15 is 0 Å². The van der Waals surface area contributed by atoms with Crippen LogP contribution in [-0.4, -0.2) is 13.1 Å². The number of carbonyl (C=O) groups is 1. The Balaban J connectivity index is 1.82. The van der Waals surface area contributed by atoms with Gasteiger partial charge in [-0.25, -0.2) is 9.18 Å². The maximum atomic E-state index is 14.8. The van der Waals surface area contributed by atoms with Crippen LogP contribution in [0.15, 0.2) is 36.4 Å². The number of fused-ring (bicyclic) bond motifs is 1. The second-order valence-corrected chi connectivity index (χ2v) is 5.86. The van der Waals surface area contributed by atoms with Crippen LogP contribution in [0.5, 0.6) is 5.75 Å². The molecule has 0 aliphatic heterocycles. The van der Waals surface area contributed by atoms with Crippen molar-refractivity contribution in [1.29, 1.82) is 0 Å². The highest BCUT2D eigenvalue weighted by Gasteiger charge is 2.30. The van der Waals surface area contributed by atoms with Crippen molar-refractivity contribution in [3.63, 3.8) is 0 Å². The fraction of sp³-hybridized carbons (Fsp3) is 0.316. The first-order chi connectivity index (χ1) is 11.6. The molecule has 0 heterocycles. The van der Waals surface area contributed by atoms with Gasteiger partial charge in [0.25, 0.3) is 0 Å². The van der Waals surface area contributed by atoms with E-state index in [4.69, 9.17) is 9.47 Å². The third kappa shape index (κ3) is 3.20. The van der Waals surface area contributed by atoms with Crippen LogP contribution >= 0.6 is 0 Å². The number of hydrogen-bond donors (Lipinski definition) is 1. The van der Waals surface area contributed by atoms with Crippen LogP contribution in [0.1, 0.15) is 34.8 Å². The zero-order chi connectivity index (χ0) is 17.1. The summed E-state index contributed by atoms with van der Waals surface area (Å²) in [5, 5.41) is 2.42. The summed E-state index contributed by atoms with van der Waals surface area (Å²) in [6.07, 6.45) is 0.207. The predicted molar refractivity (Wildman–Crippen MR) is 88.5 cm³/mol. The number of rotatable bonds is 4. The third-order valence-corrected chi connectivity index (χ3v) is 4.23. The van der Waals surface area contributed by atoms with E-state index in [1.54, 1.807) is 6.92 Å². The lowest BCUT2D eigenvalue weighted by molar-refractivity contribution is 0.100. The van der Waals surface area contributed by atoms with Gasteiger partial charge in [0.1, 0.15) is 12.7 Å². The van der Waals surface area contributed by atoms with Crippen LogP contribution in [-0.2, 0) is 17.8 Å². The number of benzene rings is 2. The molecule has 0 saturated heterocycles. The van der Waals surface area contributed by atoms with Crippen LogP contribution in [0.25, 0.3) is 0 Å². The van der Waals surface area contributed by atoms with Crippen LogP contribution in [0.3, 0.4) is 0 Å². The van der Waals surface area contributed by atoms with E-state index in [2.05, 4.69) is 5.32 Å². The maximum absolute atomic E-state index is 14.8. The number of amides is 1. The summed E-state index contributed by atoms with van der Waals surface area (Å²) >= 11 is 0. The van der Waals surface area contributed by atoms with Crippen molar-refractivity contribution in [1.82, 2.24) is 5.32 Å². The topological polar surface area (TPSA) is 47.6 Å². The molecule has 1 atom stereocenters. The Hall–Kier alpha value is -2.56. The SMILES string of the molecule is CNC(=O)OC1CCc2c1cc(C)c(OCc1ccccc1)c2F. The Kier molecular flexibility index (Phi) is 4.69. The smallest absolute Gasteiger partial charge is 0.407 e. The summed E-state index contributed by atoms with van der Waals surface area (Å²) in [4.78, 5) is 11.4. The molecule has 2 aromatic carbocycles. The fourth-order valence-electron chi connectivity index (χ4n) is 3.01. The first-order valence-electron chi connectivity index (χ1n) is 7.97. The molecule has 0 fully saturated rings. The summed E-state index contributed by atoms with van der Waals surface area (Å²) < 4.78 is 25.9. The molecule has 1 aliphatic carbocycles. The van der Waals surface area contributed by atoms with Gasteiger partial charge >= 0.3 is 6.09 Å². The van der Waals surface area contributed by atoms with Gasteiger partial charge in [0.05, 0.1) is 0 Å². The second-order valence-electron chi connectivity index (χ2n) is 5.86. The largest absolute Gasteiger partial charge is 0.486 e. The number of alkyl carbamates (subject to hydrolysis) is 1. The average Bonchev–Trinajstić information content (AvgIpc) is 2.98. The minimum atomic E-state index is -0.504. The summed E-state index contributed by atoms with van der Waals surface area (Å²) in [5.74, 6) is -0.0675. The van der Waals surface area contributed by atoms with Crippen molar-refractivity contribution in [3.05, 3.63) is 64.5 Å². The van der Waals surface area contributed by atoms with Crippen LogP contribution in [0.2, 0.25) is 0 Å². The number of nitrogens with one attached hydrogen (secondary N) is 1. The van der Waals surface area contributed by atoms with Gasteiger partial charge in [-0.15, -0.1) is 0 Å². The van der Waals surface area contributed by atoms with Crippen LogP contribution < -0.4 is 10.1 Å². The van der Waals surface area contributed by atoms with Gasteiger partial charge in [0, 0.05) is 7.05 Å². The third-order valence-electron chi connectivity index (χ3n) is 4.23. The monoisotopic (exact) mass is 329 g/mol. The van der Waals surface area contributed by atoms with E-state index in [1.165, 1.54) is 7.05 Å². The Labute approximate surface area is 140 Å². The summed E-state index contributed by atoms with van der Waals surface area (Å²) in [6, 6.07) is 11.5. The number of ether oxygens (including phenoxy) is 2. The molecule has 1 aliphatic rings. The van der Waals surface area contributed by atoms with E-state index < -0.39 is 12.2 Å². The van der Waals surface area contributed by atoms with Gasteiger partial charge < -0.3 is 14.8 Å². The molecule has 1 unspecified atom stereocenters. The van der Waals surface area contributed by atoms with Crippen molar-refractivity contribution in [2.24, 2.45) is 0 Å². The average molecular weight is 329 g/mol. The highest BCUT2D eigenvalue weighted by molar-refractivity contribution is 5.67.